The van der Waals surface area contributed by atoms with Crippen LogP contribution in [0.3, 0.4) is 0 Å². The molecule has 2 nitrogen and oxygen atoms in total. The molecule has 22 heavy (non-hydrogen) atoms. The molecule has 1 amide bonds. The van der Waals surface area contributed by atoms with E-state index in [1.165, 1.54) is 51.4 Å². The first-order chi connectivity index (χ1) is 10.5. The minimum Gasteiger partial charge on any atom is -0.366 e. The predicted molar refractivity (Wildman–Crippen MR) is 89.0 cm³/mol. The van der Waals surface area contributed by atoms with Crippen LogP contribution in [0.5, 0.6) is 0 Å². The Bertz CT molecular complexity index is 524. The summed E-state index contributed by atoms with van der Waals surface area (Å²) in [6.07, 6.45) is 14.4. The number of carbonyl (C=O) groups excluding carboxylic acids is 1. The molecule has 122 valence electrons. The summed E-state index contributed by atoms with van der Waals surface area (Å²) in [5, 5.41) is 0. The Labute approximate surface area is 134 Å². The van der Waals surface area contributed by atoms with Crippen LogP contribution in [0.25, 0.3) is 0 Å². The van der Waals surface area contributed by atoms with Gasteiger partial charge in [0.1, 0.15) is 0 Å². The second-order valence-corrected chi connectivity index (χ2v) is 9.08. The molecule has 3 saturated carbocycles. The minimum absolute atomic E-state index is 0.0743. The summed E-state index contributed by atoms with van der Waals surface area (Å²) in [5.74, 6) is 3.20. The number of carbonyl (C=O) groups is 1. The van der Waals surface area contributed by atoms with Gasteiger partial charge in [-0.2, -0.15) is 0 Å². The lowest BCUT2D eigenvalue weighted by molar-refractivity contribution is -0.119. The molecule has 0 aromatic heterocycles. The average molecular weight is 301 g/mol. The number of fused-ring (bicyclic) bond motifs is 5. The number of primary amides is 1. The van der Waals surface area contributed by atoms with E-state index in [4.69, 9.17) is 5.73 Å². The molecule has 4 aliphatic carbocycles. The maximum atomic E-state index is 11.9. The molecule has 0 aromatic rings. The third-order valence-electron chi connectivity index (χ3n) is 8.43. The standard InChI is InChI=1S/C20H31NO/c1-19-11-4-3-5-13(19)6-7-14-15-8-9-17(18(21)22)20(15,2)12-10-16(14)19/h9,13-16H,3-8,10-12H2,1-2H3,(H2,21,22)/t13-,14+,15+,16+,19+,20+/m1/s1. The van der Waals surface area contributed by atoms with Crippen molar-refractivity contribution in [2.45, 2.75) is 71.6 Å². The number of nitrogens with two attached hydrogens (primary N) is 1. The van der Waals surface area contributed by atoms with Gasteiger partial charge in [-0.25, -0.2) is 0 Å². The smallest absolute Gasteiger partial charge is 0.244 e. The molecule has 2 heteroatoms. The van der Waals surface area contributed by atoms with E-state index in [1.54, 1.807) is 0 Å². The monoisotopic (exact) mass is 301 g/mol. The van der Waals surface area contributed by atoms with Gasteiger partial charge in [0.15, 0.2) is 0 Å². The lowest BCUT2D eigenvalue weighted by atomic mass is 9.45. The van der Waals surface area contributed by atoms with E-state index in [0.29, 0.717) is 11.3 Å². The van der Waals surface area contributed by atoms with Crippen molar-refractivity contribution >= 4 is 5.91 Å². The number of allylic oxidation sites excluding steroid dienone is 1. The van der Waals surface area contributed by atoms with Gasteiger partial charge < -0.3 is 5.73 Å². The SMILES string of the molecule is C[C@]12CCCC[C@@H]1CC[C@@H]1[C@@H]2CC[C@]2(C)C(C(N)=O)=CC[C@@H]12. The van der Waals surface area contributed by atoms with Gasteiger partial charge in [-0.1, -0.05) is 32.8 Å². The Kier molecular flexibility index (Phi) is 3.26. The molecule has 0 unspecified atom stereocenters. The third-order valence-corrected chi connectivity index (χ3v) is 8.43. The summed E-state index contributed by atoms with van der Waals surface area (Å²) >= 11 is 0. The molecule has 0 radical (unpaired) electrons. The van der Waals surface area contributed by atoms with Crippen LogP contribution < -0.4 is 5.73 Å². The van der Waals surface area contributed by atoms with E-state index in [9.17, 15) is 4.79 Å². The van der Waals surface area contributed by atoms with Crippen molar-refractivity contribution in [2.24, 2.45) is 40.2 Å². The van der Waals surface area contributed by atoms with Crippen LogP contribution in [0.4, 0.5) is 0 Å². The fraction of sp³-hybridized carbons (Fsp3) is 0.850. The highest BCUT2D eigenvalue weighted by molar-refractivity contribution is 5.94. The highest BCUT2D eigenvalue weighted by atomic mass is 16.1. The van der Waals surface area contributed by atoms with E-state index in [1.807, 2.05) is 0 Å². The average Bonchev–Trinajstić information content (AvgIpc) is 2.84. The molecule has 0 saturated heterocycles. The zero-order valence-electron chi connectivity index (χ0n) is 14.2. The molecule has 4 rings (SSSR count). The molecule has 6 atom stereocenters. The molecule has 4 aliphatic rings. The van der Waals surface area contributed by atoms with E-state index in [-0.39, 0.29) is 11.3 Å². The first-order valence-electron chi connectivity index (χ1n) is 9.47. The van der Waals surface area contributed by atoms with Gasteiger partial charge in [0.2, 0.25) is 5.91 Å². The molecule has 0 spiro atoms. The van der Waals surface area contributed by atoms with Crippen molar-refractivity contribution in [1.82, 2.24) is 0 Å². The lowest BCUT2D eigenvalue weighted by Crippen LogP contribution is -2.52. The molecule has 3 fully saturated rings. The van der Waals surface area contributed by atoms with Crippen LogP contribution in [0, 0.1) is 34.5 Å². The van der Waals surface area contributed by atoms with Gasteiger partial charge in [0, 0.05) is 11.0 Å². The van der Waals surface area contributed by atoms with Crippen molar-refractivity contribution in [3.63, 3.8) is 0 Å². The van der Waals surface area contributed by atoms with Gasteiger partial charge in [-0.05, 0) is 74.0 Å². The summed E-state index contributed by atoms with van der Waals surface area (Å²) in [4.78, 5) is 11.9. The van der Waals surface area contributed by atoms with Crippen LogP contribution in [-0.2, 0) is 4.79 Å². The summed E-state index contributed by atoms with van der Waals surface area (Å²) in [7, 11) is 0. The van der Waals surface area contributed by atoms with E-state index in [2.05, 4.69) is 19.9 Å². The van der Waals surface area contributed by atoms with Crippen LogP contribution in [0.15, 0.2) is 11.6 Å². The Morgan fingerprint density at radius 1 is 1.09 bits per heavy atom. The summed E-state index contributed by atoms with van der Waals surface area (Å²) in [6, 6.07) is 0. The van der Waals surface area contributed by atoms with E-state index >= 15 is 0 Å². The maximum Gasteiger partial charge on any atom is 0.244 e. The summed E-state index contributed by atoms with van der Waals surface area (Å²) < 4.78 is 0. The zero-order chi connectivity index (χ0) is 15.5. The number of hydrogen-bond donors (Lipinski definition) is 1. The fourth-order valence-corrected chi connectivity index (χ4v) is 7.24. The molecule has 2 N–H and O–H groups in total. The maximum absolute atomic E-state index is 11.9. The van der Waals surface area contributed by atoms with Crippen molar-refractivity contribution in [3.8, 4) is 0 Å². The van der Waals surface area contributed by atoms with Crippen LogP contribution in [0.1, 0.15) is 71.6 Å². The molecule has 0 aromatic carbocycles. The predicted octanol–water partition coefficient (Wildman–Crippen LogP) is 4.44. The first kappa shape index (κ1) is 14.8. The quantitative estimate of drug-likeness (QED) is 0.764. The normalized spacial score (nSPS) is 50.5. The van der Waals surface area contributed by atoms with Crippen LogP contribution >= 0.6 is 0 Å². The van der Waals surface area contributed by atoms with Gasteiger partial charge in [-0.3, -0.25) is 4.79 Å². The second-order valence-electron chi connectivity index (χ2n) is 9.08. The fourth-order valence-electron chi connectivity index (χ4n) is 7.24. The van der Waals surface area contributed by atoms with Crippen LogP contribution in [-0.4, -0.2) is 5.91 Å². The molecular weight excluding hydrogens is 270 g/mol. The van der Waals surface area contributed by atoms with Crippen molar-refractivity contribution in [2.75, 3.05) is 0 Å². The Balaban J connectivity index is 1.64. The van der Waals surface area contributed by atoms with Crippen molar-refractivity contribution in [3.05, 3.63) is 11.6 Å². The summed E-state index contributed by atoms with van der Waals surface area (Å²) in [6.45, 7) is 4.93. The Morgan fingerprint density at radius 2 is 1.91 bits per heavy atom. The number of hydrogen-bond acceptors (Lipinski definition) is 1. The lowest BCUT2D eigenvalue weighted by Gasteiger charge is -2.60. The van der Waals surface area contributed by atoms with Crippen LogP contribution in [0.2, 0.25) is 0 Å². The van der Waals surface area contributed by atoms with Crippen molar-refractivity contribution in [1.29, 1.82) is 0 Å². The van der Waals surface area contributed by atoms with Gasteiger partial charge >= 0.3 is 0 Å². The second kappa shape index (κ2) is 4.85. The first-order valence-corrected chi connectivity index (χ1v) is 9.47. The largest absolute Gasteiger partial charge is 0.366 e. The highest BCUT2D eigenvalue weighted by Crippen LogP contribution is 2.66. The van der Waals surface area contributed by atoms with Crippen molar-refractivity contribution < 1.29 is 4.79 Å². The molecular formula is C20H31NO. The third kappa shape index (κ3) is 1.82. The number of rotatable bonds is 1. The Hall–Kier alpha value is -0.790. The van der Waals surface area contributed by atoms with E-state index < -0.39 is 0 Å². The molecule has 0 heterocycles. The van der Waals surface area contributed by atoms with Gasteiger partial charge in [-0.15, -0.1) is 0 Å². The summed E-state index contributed by atoms with van der Waals surface area (Å²) in [5.41, 5.74) is 7.29. The van der Waals surface area contributed by atoms with E-state index in [0.717, 1.165) is 29.7 Å². The highest BCUT2D eigenvalue weighted by Gasteiger charge is 2.58. The van der Waals surface area contributed by atoms with Gasteiger partial charge in [0.05, 0.1) is 0 Å². The minimum atomic E-state index is -0.166. The molecule has 0 aliphatic heterocycles. The zero-order valence-corrected chi connectivity index (χ0v) is 14.2. The topological polar surface area (TPSA) is 43.1 Å². The Morgan fingerprint density at radius 3 is 2.68 bits per heavy atom. The molecule has 0 bridgehead atoms. The van der Waals surface area contributed by atoms with Gasteiger partial charge in [0.25, 0.3) is 0 Å². The number of amides is 1.